The average molecular weight is 275 g/mol. The van der Waals surface area contributed by atoms with Crippen LogP contribution in [0.4, 0.5) is 8.78 Å². The van der Waals surface area contributed by atoms with Gasteiger partial charge in [0.15, 0.2) is 0 Å². The maximum absolute atomic E-state index is 13.3. The van der Waals surface area contributed by atoms with E-state index in [1.165, 1.54) is 0 Å². The highest BCUT2D eigenvalue weighted by Gasteiger charge is 2.43. The van der Waals surface area contributed by atoms with E-state index in [0.29, 0.717) is 19.0 Å². The van der Waals surface area contributed by atoms with E-state index >= 15 is 0 Å². The minimum absolute atomic E-state index is 0.0313. The van der Waals surface area contributed by atoms with Crippen molar-refractivity contribution in [2.45, 2.75) is 70.9 Å². The van der Waals surface area contributed by atoms with Gasteiger partial charge in [-0.1, -0.05) is 20.8 Å². The summed E-state index contributed by atoms with van der Waals surface area (Å²) in [6.07, 6.45) is 2.27. The first-order valence-electron chi connectivity index (χ1n) is 7.49. The summed E-state index contributed by atoms with van der Waals surface area (Å²) in [5, 5.41) is 9.92. The smallest absolute Gasteiger partial charge is 0.250 e. The second-order valence-corrected chi connectivity index (χ2v) is 7.40. The van der Waals surface area contributed by atoms with Crippen molar-refractivity contribution >= 4 is 0 Å². The second-order valence-electron chi connectivity index (χ2n) is 7.40. The molecule has 112 valence electrons. The molecule has 0 aromatic heterocycles. The fraction of sp³-hybridized carbons (Fsp3) is 1.00. The van der Waals surface area contributed by atoms with E-state index < -0.39 is 5.92 Å². The van der Waals surface area contributed by atoms with Crippen LogP contribution in [0.2, 0.25) is 0 Å². The van der Waals surface area contributed by atoms with Crippen molar-refractivity contribution < 1.29 is 13.9 Å². The zero-order valence-corrected chi connectivity index (χ0v) is 12.3. The van der Waals surface area contributed by atoms with Gasteiger partial charge in [-0.05, 0) is 30.6 Å². The van der Waals surface area contributed by atoms with Gasteiger partial charge >= 0.3 is 0 Å². The number of halogens is 2. The Labute approximate surface area is 115 Å². The molecule has 3 unspecified atom stereocenters. The number of rotatable bonds is 1. The van der Waals surface area contributed by atoms with Crippen LogP contribution >= 0.6 is 0 Å². The number of likely N-dealkylation sites (tertiary alicyclic amines) is 1. The summed E-state index contributed by atoms with van der Waals surface area (Å²) in [4.78, 5) is 2.20. The Morgan fingerprint density at radius 2 is 1.68 bits per heavy atom. The van der Waals surface area contributed by atoms with Crippen molar-refractivity contribution in [2.75, 3.05) is 13.1 Å². The monoisotopic (exact) mass is 275 g/mol. The zero-order chi connectivity index (χ0) is 14.3. The molecular weight excluding hydrogens is 248 g/mol. The molecule has 2 nitrogen and oxygen atoms in total. The minimum Gasteiger partial charge on any atom is -0.393 e. The lowest BCUT2D eigenvalue weighted by Gasteiger charge is -2.48. The highest BCUT2D eigenvalue weighted by molar-refractivity contribution is 4.94. The van der Waals surface area contributed by atoms with Crippen molar-refractivity contribution in [3.8, 4) is 0 Å². The van der Waals surface area contributed by atoms with Crippen molar-refractivity contribution in [1.82, 2.24) is 4.90 Å². The standard InChI is InChI=1S/C15H27F2NO/c1-14(2,3)12-5-4-11(19)10-13(12)18-8-6-15(16,17)7-9-18/h11-13,19H,4-10H2,1-3H3. The molecule has 0 radical (unpaired) electrons. The Morgan fingerprint density at radius 3 is 2.21 bits per heavy atom. The Hall–Kier alpha value is -0.220. The maximum atomic E-state index is 13.3. The molecule has 1 heterocycles. The van der Waals surface area contributed by atoms with Crippen LogP contribution in [-0.2, 0) is 0 Å². The fourth-order valence-corrected chi connectivity index (χ4v) is 3.72. The number of alkyl halides is 2. The van der Waals surface area contributed by atoms with Gasteiger partial charge in [-0.3, -0.25) is 4.90 Å². The largest absolute Gasteiger partial charge is 0.393 e. The Bertz CT molecular complexity index is 304. The van der Waals surface area contributed by atoms with E-state index in [4.69, 9.17) is 0 Å². The lowest BCUT2D eigenvalue weighted by atomic mass is 9.68. The molecule has 2 rings (SSSR count). The van der Waals surface area contributed by atoms with Crippen LogP contribution in [0.5, 0.6) is 0 Å². The summed E-state index contributed by atoms with van der Waals surface area (Å²) in [6.45, 7) is 7.61. The molecule has 19 heavy (non-hydrogen) atoms. The van der Waals surface area contributed by atoms with Gasteiger partial charge in [-0.25, -0.2) is 8.78 Å². The van der Waals surface area contributed by atoms with Crippen LogP contribution in [0.3, 0.4) is 0 Å². The summed E-state index contributed by atoms with van der Waals surface area (Å²) in [6, 6.07) is 0.264. The molecule has 2 fully saturated rings. The molecule has 1 N–H and O–H groups in total. The molecule has 0 aromatic carbocycles. The molecule has 1 saturated heterocycles. The molecule has 1 aliphatic carbocycles. The fourth-order valence-electron chi connectivity index (χ4n) is 3.72. The number of hydrogen-bond donors (Lipinski definition) is 1. The van der Waals surface area contributed by atoms with E-state index in [9.17, 15) is 13.9 Å². The lowest BCUT2D eigenvalue weighted by Crippen LogP contribution is -2.53. The number of aliphatic hydroxyl groups is 1. The van der Waals surface area contributed by atoms with E-state index in [1.807, 2.05) is 0 Å². The van der Waals surface area contributed by atoms with Gasteiger partial charge in [0.2, 0.25) is 0 Å². The third kappa shape index (κ3) is 3.66. The minimum atomic E-state index is -2.49. The Balaban J connectivity index is 2.06. The first kappa shape index (κ1) is 15.2. The van der Waals surface area contributed by atoms with Crippen LogP contribution < -0.4 is 0 Å². The molecule has 4 heteroatoms. The van der Waals surface area contributed by atoms with Crippen molar-refractivity contribution in [2.24, 2.45) is 11.3 Å². The van der Waals surface area contributed by atoms with Gasteiger partial charge in [0.1, 0.15) is 0 Å². The molecule has 0 bridgehead atoms. The SMILES string of the molecule is CC(C)(C)C1CCC(O)CC1N1CCC(F)(F)CC1. The molecule has 0 amide bonds. The third-order valence-corrected chi connectivity index (χ3v) is 4.90. The predicted molar refractivity (Wildman–Crippen MR) is 72.3 cm³/mol. The van der Waals surface area contributed by atoms with Crippen LogP contribution in [0.25, 0.3) is 0 Å². The summed E-state index contributed by atoms with van der Waals surface area (Å²) >= 11 is 0. The van der Waals surface area contributed by atoms with Gasteiger partial charge in [0.05, 0.1) is 6.10 Å². The van der Waals surface area contributed by atoms with Crippen LogP contribution in [0.1, 0.15) is 52.9 Å². The number of hydrogen-bond acceptors (Lipinski definition) is 2. The van der Waals surface area contributed by atoms with Gasteiger partial charge < -0.3 is 5.11 Å². The number of nitrogens with zero attached hydrogens (tertiary/aromatic N) is 1. The Morgan fingerprint density at radius 1 is 1.11 bits per heavy atom. The van der Waals surface area contributed by atoms with E-state index in [-0.39, 0.29) is 30.4 Å². The number of piperidine rings is 1. The van der Waals surface area contributed by atoms with Crippen molar-refractivity contribution in [3.63, 3.8) is 0 Å². The molecule has 2 aliphatic rings. The van der Waals surface area contributed by atoms with E-state index in [0.717, 1.165) is 19.3 Å². The van der Waals surface area contributed by atoms with E-state index in [2.05, 4.69) is 25.7 Å². The second kappa shape index (κ2) is 5.28. The normalized spacial score (nSPS) is 37.3. The summed E-state index contributed by atoms with van der Waals surface area (Å²) < 4.78 is 26.6. The van der Waals surface area contributed by atoms with Crippen LogP contribution in [-0.4, -0.2) is 41.2 Å². The van der Waals surface area contributed by atoms with Crippen LogP contribution in [0, 0.1) is 11.3 Å². The molecule has 3 atom stereocenters. The molecule has 0 aromatic rings. The summed E-state index contributed by atoms with van der Waals surface area (Å²) in [5.74, 6) is -2.00. The third-order valence-electron chi connectivity index (χ3n) is 4.90. The van der Waals surface area contributed by atoms with Gasteiger partial charge in [0, 0.05) is 32.0 Å². The predicted octanol–water partition coefficient (Wildman–Crippen LogP) is 3.29. The Kier molecular flexibility index (Phi) is 4.22. The highest BCUT2D eigenvalue weighted by atomic mass is 19.3. The van der Waals surface area contributed by atoms with Gasteiger partial charge in [-0.15, -0.1) is 0 Å². The van der Waals surface area contributed by atoms with Crippen molar-refractivity contribution in [1.29, 1.82) is 0 Å². The first-order chi connectivity index (χ1) is 8.69. The van der Waals surface area contributed by atoms with E-state index in [1.54, 1.807) is 0 Å². The van der Waals surface area contributed by atoms with Crippen molar-refractivity contribution in [3.05, 3.63) is 0 Å². The van der Waals surface area contributed by atoms with Crippen LogP contribution in [0.15, 0.2) is 0 Å². The van der Waals surface area contributed by atoms with Gasteiger partial charge in [-0.2, -0.15) is 0 Å². The quantitative estimate of drug-likeness (QED) is 0.793. The molecule has 1 saturated carbocycles. The molecule has 1 aliphatic heterocycles. The summed E-state index contributed by atoms with van der Waals surface area (Å²) in [7, 11) is 0. The number of aliphatic hydroxyl groups excluding tert-OH is 1. The first-order valence-corrected chi connectivity index (χ1v) is 7.49. The lowest BCUT2D eigenvalue weighted by molar-refractivity contribution is -0.0869. The zero-order valence-electron chi connectivity index (χ0n) is 12.3. The summed E-state index contributed by atoms with van der Waals surface area (Å²) in [5.41, 5.74) is 0.171. The molecule has 0 spiro atoms. The average Bonchev–Trinajstić information content (AvgIpc) is 2.27. The highest BCUT2D eigenvalue weighted by Crippen LogP contribution is 2.42. The molecular formula is C15H27F2NO. The topological polar surface area (TPSA) is 23.5 Å². The maximum Gasteiger partial charge on any atom is 0.250 e. The van der Waals surface area contributed by atoms with Gasteiger partial charge in [0.25, 0.3) is 5.92 Å².